The van der Waals surface area contributed by atoms with E-state index in [0.717, 1.165) is 60.6 Å². The standard InChI is InChI=1S/C32H47N5O2/c1-8-12-13-15-25(5)30(18-20-36(7)31(38)10-3)39-24-27-16-14-17-29(21-27)37(19-9-2)23-28-22-34-32(33-11-4)35-26(28)6/h10,12-17,21-22,30H,3,8-9,11,18-20,23-24H2,1-2,4-7H3,(H,33,34,35)/b13-12-,25-15+/t30-/m0/s1. The van der Waals surface area contributed by atoms with Crippen LogP contribution in [0.4, 0.5) is 11.6 Å². The molecule has 39 heavy (non-hydrogen) atoms. The van der Waals surface area contributed by atoms with Gasteiger partial charge in [-0.05, 0) is 69.4 Å². The highest BCUT2D eigenvalue weighted by Gasteiger charge is 2.16. The first-order chi connectivity index (χ1) is 18.8. The largest absolute Gasteiger partial charge is 0.369 e. The lowest BCUT2D eigenvalue weighted by Gasteiger charge is -2.26. The van der Waals surface area contributed by atoms with Gasteiger partial charge in [0.05, 0.1) is 12.7 Å². The summed E-state index contributed by atoms with van der Waals surface area (Å²) in [6, 6.07) is 8.55. The third kappa shape index (κ3) is 10.7. The van der Waals surface area contributed by atoms with E-state index in [4.69, 9.17) is 4.74 Å². The summed E-state index contributed by atoms with van der Waals surface area (Å²) >= 11 is 0. The quantitative estimate of drug-likeness (QED) is 0.186. The molecule has 1 aromatic carbocycles. The van der Waals surface area contributed by atoms with Crippen molar-refractivity contribution in [1.29, 1.82) is 0 Å². The molecular weight excluding hydrogens is 486 g/mol. The van der Waals surface area contributed by atoms with Gasteiger partial charge in [-0.1, -0.05) is 50.8 Å². The molecule has 0 radical (unpaired) electrons. The van der Waals surface area contributed by atoms with Crippen LogP contribution in [0.1, 0.15) is 63.8 Å². The van der Waals surface area contributed by atoms with Gasteiger partial charge < -0.3 is 19.9 Å². The maximum Gasteiger partial charge on any atom is 0.245 e. The predicted molar refractivity (Wildman–Crippen MR) is 163 cm³/mol. The van der Waals surface area contributed by atoms with Crippen LogP contribution in [-0.2, 0) is 22.7 Å². The van der Waals surface area contributed by atoms with Crippen LogP contribution in [0.3, 0.4) is 0 Å². The van der Waals surface area contributed by atoms with Gasteiger partial charge in [0.1, 0.15) is 0 Å². The smallest absolute Gasteiger partial charge is 0.245 e. The number of nitrogens with zero attached hydrogens (tertiary/aromatic N) is 4. The van der Waals surface area contributed by atoms with Gasteiger partial charge in [0.25, 0.3) is 0 Å². The van der Waals surface area contributed by atoms with Crippen LogP contribution < -0.4 is 10.2 Å². The first-order valence-electron chi connectivity index (χ1n) is 14.1. The summed E-state index contributed by atoms with van der Waals surface area (Å²) in [4.78, 5) is 25.1. The number of anilines is 2. The Morgan fingerprint density at radius 2 is 2.03 bits per heavy atom. The van der Waals surface area contributed by atoms with E-state index in [-0.39, 0.29) is 12.0 Å². The van der Waals surface area contributed by atoms with Crippen LogP contribution in [0.15, 0.2) is 66.9 Å². The van der Waals surface area contributed by atoms with Gasteiger partial charge in [-0.15, -0.1) is 0 Å². The third-order valence-electron chi connectivity index (χ3n) is 6.51. The molecule has 0 aliphatic carbocycles. The maximum atomic E-state index is 12.0. The lowest BCUT2D eigenvalue weighted by Crippen LogP contribution is -2.29. The van der Waals surface area contributed by atoms with Crippen LogP contribution in [-0.4, -0.2) is 53.6 Å². The lowest BCUT2D eigenvalue weighted by molar-refractivity contribution is -0.125. The summed E-state index contributed by atoms with van der Waals surface area (Å²) in [7, 11) is 1.80. The molecule has 0 fully saturated rings. The number of nitrogens with one attached hydrogen (secondary N) is 1. The summed E-state index contributed by atoms with van der Waals surface area (Å²) < 4.78 is 6.44. The van der Waals surface area contributed by atoms with Crippen molar-refractivity contribution in [3.05, 3.63) is 83.7 Å². The molecular formula is C32H47N5O2. The molecule has 0 bridgehead atoms. The van der Waals surface area contributed by atoms with E-state index < -0.39 is 0 Å². The number of rotatable bonds is 17. The molecule has 0 saturated heterocycles. The van der Waals surface area contributed by atoms with E-state index in [0.29, 0.717) is 25.5 Å². The van der Waals surface area contributed by atoms with Crippen molar-refractivity contribution in [1.82, 2.24) is 14.9 Å². The maximum absolute atomic E-state index is 12.0. The summed E-state index contributed by atoms with van der Waals surface area (Å²) in [5.41, 5.74) is 5.51. The average Bonchev–Trinajstić information content (AvgIpc) is 2.93. The molecule has 1 aromatic heterocycles. The predicted octanol–water partition coefficient (Wildman–Crippen LogP) is 6.47. The van der Waals surface area contributed by atoms with E-state index in [1.807, 2.05) is 20.0 Å². The molecule has 2 aromatic rings. The van der Waals surface area contributed by atoms with Gasteiger partial charge in [-0.3, -0.25) is 4.79 Å². The van der Waals surface area contributed by atoms with Crippen molar-refractivity contribution in [3.8, 4) is 0 Å². The number of allylic oxidation sites excluding steroid dienone is 3. The van der Waals surface area contributed by atoms with Gasteiger partial charge in [0.15, 0.2) is 0 Å². The monoisotopic (exact) mass is 533 g/mol. The summed E-state index contributed by atoms with van der Waals surface area (Å²) in [5, 5.41) is 3.18. The minimum atomic E-state index is -0.1000. The second-order valence-electron chi connectivity index (χ2n) is 9.73. The molecule has 1 N–H and O–H groups in total. The van der Waals surface area contributed by atoms with Gasteiger partial charge >= 0.3 is 0 Å². The molecule has 7 nitrogen and oxygen atoms in total. The average molecular weight is 534 g/mol. The molecule has 2 rings (SSSR count). The zero-order valence-corrected chi connectivity index (χ0v) is 24.7. The Bertz CT molecular complexity index is 1110. The van der Waals surface area contributed by atoms with Crippen molar-refractivity contribution in [3.63, 3.8) is 0 Å². The summed E-state index contributed by atoms with van der Waals surface area (Å²) in [5.74, 6) is 0.589. The third-order valence-corrected chi connectivity index (χ3v) is 6.51. The van der Waals surface area contributed by atoms with Gasteiger partial charge in [0, 0.05) is 56.4 Å². The number of hydrogen-bond donors (Lipinski definition) is 1. The molecule has 1 atom stereocenters. The number of amides is 1. The molecule has 212 valence electrons. The topological polar surface area (TPSA) is 70.6 Å². The van der Waals surface area contributed by atoms with Gasteiger partial charge in [0.2, 0.25) is 11.9 Å². The second-order valence-corrected chi connectivity index (χ2v) is 9.73. The minimum Gasteiger partial charge on any atom is -0.369 e. The minimum absolute atomic E-state index is 0.0816. The Morgan fingerprint density at radius 3 is 2.69 bits per heavy atom. The Kier molecular flexibility index (Phi) is 14.0. The van der Waals surface area contributed by atoms with Crippen LogP contribution in [0.2, 0.25) is 0 Å². The van der Waals surface area contributed by atoms with Crippen molar-refractivity contribution >= 4 is 17.5 Å². The van der Waals surface area contributed by atoms with Crippen molar-refractivity contribution in [2.75, 3.05) is 36.9 Å². The Hall–Kier alpha value is -3.45. The first-order valence-corrected chi connectivity index (χ1v) is 14.1. The fourth-order valence-electron chi connectivity index (χ4n) is 4.19. The Labute approximate surface area is 235 Å². The molecule has 0 aliphatic heterocycles. The van der Waals surface area contributed by atoms with E-state index in [2.05, 4.69) is 90.0 Å². The molecule has 1 amide bonds. The number of carbonyl (C=O) groups is 1. The van der Waals surface area contributed by atoms with Crippen LogP contribution in [0, 0.1) is 6.92 Å². The van der Waals surface area contributed by atoms with E-state index in [1.54, 1.807) is 11.9 Å². The van der Waals surface area contributed by atoms with E-state index >= 15 is 0 Å². The molecule has 0 saturated carbocycles. The van der Waals surface area contributed by atoms with Crippen LogP contribution in [0.25, 0.3) is 0 Å². The highest BCUT2D eigenvalue weighted by atomic mass is 16.5. The molecule has 0 spiro atoms. The first kappa shape index (κ1) is 31.8. The van der Waals surface area contributed by atoms with Gasteiger partial charge in [-0.2, -0.15) is 0 Å². The fourth-order valence-corrected chi connectivity index (χ4v) is 4.19. The number of likely N-dealkylation sites (N-methyl/N-ethyl adjacent to an activating group) is 1. The number of aryl methyl sites for hydroxylation is 1. The highest BCUT2D eigenvalue weighted by Crippen LogP contribution is 2.22. The van der Waals surface area contributed by atoms with E-state index in [1.165, 1.54) is 6.08 Å². The molecule has 7 heteroatoms. The van der Waals surface area contributed by atoms with Crippen molar-refractivity contribution in [2.24, 2.45) is 0 Å². The van der Waals surface area contributed by atoms with Crippen molar-refractivity contribution in [2.45, 2.75) is 73.1 Å². The molecule has 1 heterocycles. The normalized spacial score (nSPS) is 12.4. The Morgan fingerprint density at radius 1 is 1.23 bits per heavy atom. The number of carbonyl (C=O) groups excluding carboxylic acids is 1. The number of ether oxygens (including phenoxy) is 1. The van der Waals surface area contributed by atoms with Crippen LogP contribution in [0.5, 0.6) is 0 Å². The molecule has 0 unspecified atom stereocenters. The van der Waals surface area contributed by atoms with Crippen LogP contribution >= 0.6 is 0 Å². The lowest BCUT2D eigenvalue weighted by atomic mass is 10.1. The van der Waals surface area contributed by atoms with Crippen molar-refractivity contribution < 1.29 is 9.53 Å². The SMILES string of the molecule is C=CC(=O)N(C)CC[C@H](OCc1cccc(N(CCC)Cc2cnc(NCC)nc2C)c1)/C(C)=C/C=C\CC. The van der Waals surface area contributed by atoms with Gasteiger partial charge in [-0.25, -0.2) is 9.97 Å². The molecule has 0 aliphatic rings. The van der Waals surface area contributed by atoms with E-state index in [9.17, 15) is 4.79 Å². The zero-order chi connectivity index (χ0) is 28.6. The Balaban J connectivity index is 2.18. The summed E-state index contributed by atoms with van der Waals surface area (Å²) in [6.07, 6.45) is 12.2. The summed E-state index contributed by atoms with van der Waals surface area (Å²) in [6.45, 7) is 17.6. The second kappa shape index (κ2) is 17.2. The number of benzene rings is 1. The highest BCUT2D eigenvalue weighted by molar-refractivity contribution is 5.86. The zero-order valence-electron chi connectivity index (χ0n) is 24.7. The number of hydrogen-bond acceptors (Lipinski definition) is 6. The number of aromatic nitrogens is 2. The fraction of sp³-hybridized carbons (Fsp3) is 0.469.